The summed E-state index contributed by atoms with van der Waals surface area (Å²) in [5.41, 5.74) is 0. The van der Waals surface area contributed by atoms with Gasteiger partial charge in [-0.25, -0.2) is 0 Å². The van der Waals surface area contributed by atoms with E-state index in [0.717, 1.165) is 11.8 Å². The molecule has 1 fully saturated rings. The first kappa shape index (κ1) is 14.4. The largest absolute Gasteiger partial charge is 0.309 e. The van der Waals surface area contributed by atoms with Crippen molar-refractivity contribution in [2.75, 3.05) is 6.26 Å². The summed E-state index contributed by atoms with van der Waals surface area (Å²) in [5.74, 6) is 0. The third kappa shape index (κ3) is 4.23. The summed E-state index contributed by atoms with van der Waals surface area (Å²) in [6, 6.07) is 2.91. The van der Waals surface area contributed by atoms with E-state index >= 15 is 0 Å². The second-order valence-corrected chi connectivity index (χ2v) is 8.88. The van der Waals surface area contributed by atoms with Crippen LogP contribution >= 0.6 is 55.0 Å². The second-order valence-electron chi connectivity index (χ2n) is 4.44. The quantitative estimate of drug-likeness (QED) is 0.762. The lowest BCUT2D eigenvalue weighted by Gasteiger charge is -2.28. The number of hydrogen-bond acceptors (Lipinski definition) is 3. The Balaban J connectivity index is 1.81. The molecule has 1 aromatic heterocycles. The van der Waals surface area contributed by atoms with Crippen LogP contribution in [0, 0.1) is 0 Å². The van der Waals surface area contributed by atoms with Gasteiger partial charge in [-0.1, -0.05) is 6.42 Å². The van der Waals surface area contributed by atoms with Gasteiger partial charge in [-0.05, 0) is 63.4 Å². The molecule has 1 heterocycles. The molecule has 2 atom stereocenters. The zero-order valence-corrected chi connectivity index (χ0v) is 14.6. The van der Waals surface area contributed by atoms with E-state index in [-0.39, 0.29) is 0 Å². The van der Waals surface area contributed by atoms with Crippen LogP contribution in [0.2, 0.25) is 0 Å². The summed E-state index contributed by atoms with van der Waals surface area (Å²) in [6.07, 6.45) is 7.68. The lowest BCUT2D eigenvalue weighted by molar-refractivity contribution is 0.381. The predicted octanol–water partition coefficient (Wildman–Crippen LogP) is 5.04. The highest BCUT2D eigenvalue weighted by molar-refractivity contribution is 9.13. The van der Waals surface area contributed by atoms with Crippen LogP contribution < -0.4 is 5.32 Å². The molecule has 1 aliphatic rings. The molecule has 2 rings (SSSR count). The van der Waals surface area contributed by atoms with Crippen molar-refractivity contribution in [3.05, 3.63) is 19.2 Å². The molecule has 1 aliphatic carbocycles. The van der Waals surface area contributed by atoms with Gasteiger partial charge in [0.15, 0.2) is 0 Å². The molecular formula is C12H17Br2NS2. The van der Waals surface area contributed by atoms with Crippen molar-refractivity contribution in [3.8, 4) is 0 Å². The Bertz CT molecular complexity index is 348. The number of halogens is 2. The second kappa shape index (κ2) is 6.94. The smallest absolute Gasteiger partial charge is 0.0843 e. The summed E-state index contributed by atoms with van der Waals surface area (Å²) in [6.45, 7) is 1.00. The van der Waals surface area contributed by atoms with Crippen molar-refractivity contribution in [2.45, 2.75) is 43.5 Å². The van der Waals surface area contributed by atoms with Crippen LogP contribution in [0.4, 0.5) is 0 Å². The number of thioether (sulfide) groups is 1. The summed E-state index contributed by atoms with van der Waals surface area (Å²) in [7, 11) is 0. The van der Waals surface area contributed by atoms with Gasteiger partial charge >= 0.3 is 0 Å². The zero-order valence-electron chi connectivity index (χ0n) is 9.84. The summed E-state index contributed by atoms with van der Waals surface area (Å²) in [5, 5.41) is 4.56. The predicted molar refractivity (Wildman–Crippen MR) is 86.1 cm³/mol. The lowest BCUT2D eigenvalue weighted by atomic mass is 9.95. The molecule has 0 spiro atoms. The molecule has 0 aromatic carbocycles. The molecule has 96 valence electrons. The fraction of sp³-hybridized carbons (Fsp3) is 0.667. The van der Waals surface area contributed by atoms with Gasteiger partial charge in [0, 0.05) is 27.2 Å². The van der Waals surface area contributed by atoms with Crippen molar-refractivity contribution in [1.29, 1.82) is 0 Å². The highest BCUT2D eigenvalue weighted by Crippen LogP contribution is 2.33. The van der Waals surface area contributed by atoms with Gasteiger partial charge in [0.25, 0.3) is 0 Å². The maximum absolute atomic E-state index is 3.70. The molecular weight excluding hydrogens is 382 g/mol. The van der Waals surface area contributed by atoms with Crippen LogP contribution in [0.5, 0.6) is 0 Å². The van der Waals surface area contributed by atoms with Gasteiger partial charge in [-0.15, -0.1) is 11.3 Å². The first-order chi connectivity index (χ1) is 8.19. The normalized spacial score (nSPS) is 25.1. The summed E-state index contributed by atoms with van der Waals surface area (Å²) >= 11 is 10.9. The van der Waals surface area contributed by atoms with E-state index in [2.05, 4.69) is 49.5 Å². The average molecular weight is 399 g/mol. The number of thiophene rings is 1. The third-order valence-electron chi connectivity index (χ3n) is 3.22. The minimum atomic E-state index is 0.709. The maximum atomic E-state index is 3.70. The highest BCUT2D eigenvalue weighted by atomic mass is 79.9. The van der Waals surface area contributed by atoms with Gasteiger partial charge in [-0.3, -0.25) is 0 Å². The monoisotopic (exact) mass is 397 g/mol. The van der Waals surface area contributed by atoms with E-state index in [4.69, 9.17) is 0 Å². The van der Waals surface area contributed by atoms with E-state index in [1.54, 1.807) is 0 Å². The SMILES string of the molecule is CSC1CCCC(NCc2cc(Br)c(Br)s2)C1. The Labute approximate surface area is 128 Å². The molecule has 5 heteroatoms. The molecule has 17 heavy (non-hydrogen) atoms. The van der Waals surface area contributed by atoms with Crippen LogP contribution in [-0.4, -0.2) is 17.5 Å². The fourth-order valence-electron chi connectivity index (χ4n) is 2.27. The van der Waals surface area contributed by atoms with Gasteiger partial charge in [0.05, 0.1) is 3.79 Å². The molecule has 1 saturated carbocycles. The van der Waals surface area contributed by atoms with Gasteiger partial charge in [-0.2, -0.15) is 11.8 Å². The topological polar surface area (TPSA) is 12.0 Å². The fourth-order valence-corrected chi connectivity index (χ4v) is 5.22. The highest BCUT2D eigenvalue weighted by Gasteiger charge is 2.20. The van der Waals surface area contributed by atoms with E-state index in [1.165, 1.54) is 38.8 Å². The van der Waals surface area contributed by atoms with Crippen LogP contribution in [0.15, 0.2) is 14.3 Å². The van der Waals surface area contributed by atoms with Crippen molar-refractivity contribution >= 4 is 55.0 Å². The maximum Gasteiger partial charge on any atom is 0.0843 e. The molecule has 0 radical (unpaired) electrons. The van der Waals surface area contributed by atoms with Crippen LogP contribution in [0.3, 0.4) is 0 Å². The van der Waals surface area contributed by atoms with Crippen LogP contribution in [-0.2, 0) is 6.54 Å². The van der Waals surface area contributed by atoms with Crippen molar-refractivity contribution in [1.82, 2.24) is 5.32 Å². The Morgan fingerprint density at radius 3 is 2.94 bits per heavy atom. The van der Waals surface area contributed by atoms with Gasteiger partial charge in [0.2, 0.25) is 0 Å². The molecule has 1 nitrogen and oxygen atoms in total. The number of rotatable bonds is 4. The molecule has 2 unspecified atom stereocenters. The van der Waals surface area contributed by atoms with Gasteiger partial charge < -0.3 is 5.32 Å². The molecule has 0 aliphatic heterocycles. The Morgan fingerprint density at radius 2 is 2.29 bits per heavy atom. The lowest BCUT2D eigenvalue weighted by Crippen LogP contribution is -2.34. The molecule has 0 amide bonds. The third-order valence-corrected chi connectivity index (χ3v) is 7.57. The Kier molecular flexibility index (Phi) is 5.87. The minimum Gasteiger partial charge on any atom is -0.309 e. The average Bonchev–Trinajstić information content (AvgIpc) is 2.67. The Hall–Kier alpha value is 0.970. The zero-order chi connectivity index (χ0) is 12.3. The molecule has 1 aromatic rings. The molecule has 1 N–H and O–H groups in total. The first-order valence-electron chi connectivity index (χ1n) is 5.89. The summed E-state index contributed by atoms with van der Waals surface area (Å²) < 4.78 is 2.37. The summed E-state index contributed by atoms with van der Waals surface area (Å²) in [4.78, 5) is 1.40. The van der Waals surface area contributed by atoms with Gasteiger partial charge in [0.1, 0.15) is 0 Å². The van der Waals surface area contributed by atoms with E-state index in [0.29, 0.717) is 6.04 Å². The van der Waals surface area contributed by atoms with Crippen LogP contribution in [0.25, 0.3) is 0 Å². The minimum absolute atomic E-state index is 0.709. The first-order valence-corrected chi connectivity index (χ1v) is 9.58. The molecule has 0 saturated heterocycles. The number of hydrogen-bond donors (Lipinski definition) is 1. The van der Waals surface area contributed by atoms with E-state index < -0.39 is 0 Å². The Morgan fingerprint density at radius 1 is 1.47 bits per heavy atom. The standard InChI is InChI=1S/C12H17Br2NS2/c1-16-9-4-2-3-8(5-9)15-7-10-6-11(13)12(14)17-10/h6,8-9,15H,2-5,7H2,1H3. The van der Waals surface area contributed by atoms with Crippen molar-refractivity contribution < 1.29 is 0 Å². The number of nitrogens with one attached hydrogen (secondary N) is 1. The van der Waals surface area contributed by atoms with Crippen molar-refractivity contribution in [3.63, 3.8) is 0 Å². The van der Waals surface area contributed by atoms with E-state index in [1.807, 2.05) is 23.1 Å². The van der Waals surface area contributed by atoms with E-state index in [9.17, 15) is 0 Å². The van der Waals surface area contributed by atoms with Crippen LogP contribution in [0.1, 0.15) is 30.6 Å². The molecule has 0 bridgehead atoms. The van der Waals surface area contributed by atoms with Crippen molar-refractivity contribution in [2.24, 2.45) is 0 Å².